The molecule has 0 saturated heterocycles. The number of ether oxygens (including phenoxy) is 2. The van der Waals surface area contributed by atoms with Crippen LogP contribution in [0.1, 0.15) is 79.0 Å². The molecule has 103 heavy (non-hydrogen) atoms. The Hall–Kier alpha value is -11.8. The molecular formula is C96H76B2N2O3. The van der Waals surface area contributed by atoms with E-state index in [4.69, 9.17) is 13.9 Å². The molecule has 19 rings (SSSR count). The van der Waals surface area contributed by atoms with E-state index in [1.165, 1.54) is 22.2 Å². The number of hydrogen-bond acceptors (Lipinski definition) is 5. The lowest BCUT2D eigenvalue weighted by Crippen LogP contribution is -2.63. The van der Waals surface area contributed by atoms with Crippen LogP contribution in [0.3, 0.4) is 0 Å². The van der Waals surface area contributed by atoms with Crippen molar-refractivity contribution in [3.8, 4) is 89.8 Å². The van der Waals surface area contributed by atoms with Gasteiger partial charge >= 0.3 is 0 Å². The molecule has 15 aromatic rings. The first-order chi connectivity index (χ1) is 50.0. The highest BCUT2D eigenvalue weighted by atomic mass is 16.5. The third-order valence-electron chi connectivity index (χ3n) is 22.0. The van der Waals surface area contributed by atoms with Gasteiger partial charge in [-0.15, -0.1) is 0 Å². The molecule has 1 aromatic heterocycles. The summed E-state index contributed by atoms with van der Waals surface area (Å²) in [5.41, 5.74) is 30.9. The van der Waals surface area contributed by atoms with Crippen LogP contribution in [0, 0.1) is 0 Å². The number of fused-ring (bicyclic) bond motifs is 12. The zero-order valence-corrected chi connectivity index (χ0v) is 59.6. The lowest BCUT2D eigenvalue weighted by molar-refractivity contribution is 0.466. The third kappa shape index (κ3) is 10.1. The van der Waals surface area contributed by atoms with Gasteiger partial charge in [-0.3, -0.25) is 0 Å². The number of hydrogen-bond donors (Lipinski definition) is 0. The Morgan fingerprint density at radius 3 is 1.13 bits per heavy atom. The normalized spacial score (nSPS) is 13.4. The van der Waals surface area contributed by atoms with E-state index in [0.29, 0.717) is 0 Å². The largest absolute Gasteiger partial charge is 0.458 e. The summed E-state index contributed by atoms with van der Waals surface area (Å²) < 4.78 is 23.0. The van der Waals surface area contributed by atoms with Crippen molar-refractivity contribution in [2.75, 3.05) is 9.80 Å². The molecule has 5 heterocycles. The summed E-state index contributed by atoms with van der Waals surface area (Å²) in [7, 11) is 0. The van der Waals surface area contributed by atoms with Crippen molar-refractivity contribution < 1.29 is 13.9 Å². The molecule has 0 bridgehead atoms. The molecule has 14 aromatic carbocycles. The highest BCUT2D eigenvalue weighted by Crippen LogP contribution is 2.58. The lowest BCUT2D eigenvalue weighted by atomic mass is 9.31. The Labute approximate surface area is 604 Å². The molecule has 494 valence electrons. The van der Waals surface area contributed by atoms with E-state index < -0.39 is 6.71 Å². The summed E-state index contributed by atoms with van der Waals surface area (Å²) in [6.45, 7) is 20.4. The molecule has 0 spiro atoms. The van der Waals surface area contributed by atoms with Crippen LogP contribution in [0.15, 0.2) is 302 Å². The molecule has 0 radical (unpaired) electrons. The molecule has 4 aliphatic heterocycles. The van der Waals surface area contributed by atoms with Crippen molar-refractivity contribution in [2.24, 2.45) is 0 Å². The van der Waals surface area contributed by atoms with Crippen LogP contribution in [0.2, 0.25) is 0 Å². The van der Waals surface area contributed by atoms with Crippen LogP contribution in [-0.4, -0.2) is 13.4 Å². The van der Waals surface area contributed by atoms with Crippen LogP contribution in [0.4, 0.5) is 34.1 Å². The second kappa shape index (κ2) is 23.4. The summed E-state index contributed by atoms with van der Waals surface area (Å²) in [6, 6.07) is 110. The Bertz CT molecular complexity index is 5760. The van der Waals surface area contributed by atoms with Gasteiger partial charge < -0.3 is 23.7 Å². The fourth-order valence-corrected chi connectivity index (χ4v) is 16.7. The highest BCUT2D eigenvalue weighted by Gasteiger charge is 2.51. The van der Waals surface area contributed by atoms with Gasteiger partial charge in [-0.1, -0.05) is 293 Å². The third-order valence-corrected chi connectivity index (χ3v) is 22.0. The van der Waals surface area contributed by atoms with Gasteiger partial charge in [0.1, 0.15) is 34.2 Å². The van der Waals surface area contributed by atoms with Crippen molar-refractivity contribution in [2.45, 2.75) is 78.6 Å². The molecule has 0 saturated carbocycles. The summed E-state index contributed by atoms with van der Waals surface area (Å²) in [6.07, 6.45) is 0. The van der Waals surface area contributed by atoms with E-state index in [9.17, 15) is 0 Å². The topological polar surface area (TPSA) is 38.1 Å². The van der Waals surface area contributed by atoms with Crippen molar-refractivity contribution in [1.82, 2.24) is 0 Å². The highest BCUT2D eigenvalue weighted by molar-refractivity contribution is 7.02. The fourth-order valence-electron chi connectivity index (χ4n) is 16.7. The van der Waals surface area contributed by atoms with Gasteiger partial charge in [0.2, 0.25) is 0 Å². The van der Waals surface area contributed by atoms with Gasteiger partial charge in [-0.2, -0.15) is 0 Å². The standard InChI is InChI=1S/C96H76B2N2O3/c1-94(2,3)67-50-71(61-34-20-12-21-35-61)90(72(51-67)62-36-22-13-23-37-62)99-80-58-86-75(70-42-28-29-43-83(70)101-86)56-76(80)97-79-57-87-89-93(103-85-47-45-66(60-32-18-11-19-33-60)49-78(85)98(89)77-48-65(44-46-84(77)102-87)59-30-16-10-17-31-59)92(79)100(82-55-69(96(7,8)9)54-81(99)88(82)97)91-73(63-38-24-14-25-39-63)52-68(95(4,5)6)53-74(91)64-40-26-15-27-41-64/h10-58H,1-9H3. The van der Waals surface area contributed by atoms with Crippen molar-refractivity contribution in [1.29, 1.82) is 0 Å². The Kier molecular flexibility index (Phi) is 14.1. The van der Waals surface area contributed by atoms with Crippen LogP contribution in [0.25, 0.3) is 88.7 Å². The zero-order chi connectivity index (χ0) is 69.8. The van der Waals surface area contributed by atoms with Gasteiger partial charge in [0.05, 0.1) is 17.1 Å². The van der Waals surface area contributed by atoms with E-state index in [0.717, 1.165) is 173 Å². The van der Waals surface area contributed by atoms with E-state index in [2.05, 4.69) is 369 Å². The monoisotopic (exact) mass is 1330 g/mol. The first kappa shape index (κ1) is 62.2. The second-order valence-corrected chi connectivity index (χ2v) is 31.5. The van der Waals surface area contributed by atoms with Gasteiger partial charge in [0.25, 0.3) is 13.4 Å². The number of nitrogens with zero attached hydrogens (tertiary/aromatic N) is 2. The molecule has 4 aliphatic rings. The van der Waals surface area contributed by atoms with Crippen LogP contribution in [-0.2, 0) is 16.2 Å². The minimum Gasteiger partial charge on any atom is -0.458 e. The predicted octanol–water partition coefficient (Wildman–Crippen LogP) is 22.3. The maximum atomic E-state index is 8.13. The number of anilines is 6. The molecule has 0 atom stereocenters. The smallest absolute Gasteiger partial charge is 0.260 e. The van der Waals surface area contributed by atoms with Crippen LogP contribution >= 0.6 is 0 Å². The zero-order valence-electron chi connectivity index (χ0n) is 59.6. The molecule has 0 amide bonds. The minimum atomic E-state index is -0.408. The molecule has 0 unspecified atom stereocenters. The lowest BCUT2D eigenvalue weighted by Gasteiger charge is -2.48. The maximum absolute atomic E-state index is 8.13. The van der Waals surface area contributed by atoms with Gasteiger partial charge in [0.15, 0.2) is 0 Å². The van der Waals surface area contributed by atoms with Gasteiger partial charge in [0, 0.05) is 61.6 Å². The molecule has 0 aliphatic carbocycles. The first-order valence-corrected chi connectivity index (χ1v) is 36.3. The van der Waals surface area contributed by atoms with Crippen molar-refractivity contribution in [3.05, 3.63) is 314 Å². The molecule has 5 nitrogen and oxygen atoms in total. The van der Waals surface area contributed by atoms with E-state index in [1.54, 1.807) is 0 Å². The second-order valence-electron chi connectivity index (χ2n) is 31.5. The van der Waals surface area contributed by atoms with Crippen LogP contribution in [0.5, 0.6) is 23.0 Å². The van der Waals surface area contributed by atoms with E-state index in [-0.39, 0.29) is 23.0 Å². The summed E-state index contributed by atoms with van der Waals surface area (Å²) >= 11 is 0. The van der Waals surface area contributed by atoms with Gasteiger partial charge in [-0.25, -0.2) is 0 Å². The minimum absolute atomic E-state index is 0.208. The molecule has 7 heteroatoms. The first-order valence-electron chi connectivity index (χ1n) is 36.3. The Morgan fingerprint density at radius 2 is 0.660 bits per heavy atom. The summed E-state index contributed by atoms with van der Waals surface area (Å²) in [5, 5.41) is 2.12. The number of rotatable bonds is 8. The van der Waals surface area contributed by atoms with Crippen molar-refractivity contribution in [3.63, 3.8) is 0 Å². The number of furan rings is 1. The van der Waals surface area contributed by atoms with E-state index >= 15 is 0 Å². The molecule has 0 N–H and O–H groups in total. The fraction of sp³-hybridized carbons (Fsp3) is 0.125. The SMILES string of the molecule is CC(C)(C)c1cc(-c2ccccc2)c(N2c3cc4oc5ccccc5c4cc3B3c4cc5c6c(c4N(c4c(-c7ccccc7)cc(C(C)(C)C)cc4-c4ccccc4)c4cc(C(C)(C)C)cc2c43)Oc2ccc(-c3ccccc3)cc2B6c2cc(-c3ccccc3)ccc2O5)c(-c2ccccc2)c1. The summed E-state index contributed by atoms with van der Waals surface area (Å²) in [5.74, 6) is 3.17. The van der Waals surface area contributed by atoms with Crippen molar-refractivity contribution >= 4 is 102 Å². The predicted molar refractivity (Wildman–Crippen MR) is 434 cm³/mol. The van der Waals surface area contributed by atoms with E-state index in [1.807, 2.05) is 0 Å². The average Bonchev–Trinajstić information content (AvgIpc) is 1.29. The average molecular weight is 1330 g/mol. The van der Waals surface area contributed by atoms with Gasteiger partial charge in [-0.05, 0) is 165 Å². The molecular weight excluding hydrogens is 1250 g/mol. The number of para-hydroxylation sites is 1. The maximum Gasteiger partial charge on any atom is 0.260 e. The quantitative estimate of drug-likeness (QED) is 0.142. The Balaban J connectivity index is 1.01. The number of benzene rings is 14. The molecule has 0 fully saturated rings. The summed E-state index contributed by atoms with van der Waals surface area (Å²) in [4.78, 5) is 5.33. The Morgan fingerprint density at radius 1 is 0.262 bits per heavy atom. The van der Waals surface area contributed by atoms with Crippen LogP contribution < -0.4 is 52.1 Å².